The molecule has 1 fully saturated rings. The largest absolute Gasteiger partial charge is 0.480 e. The monoisotopic (exact) mass is 290 g/mol. The van der Waals surface area contributed by atoms with Crippen LogP contribution in [0.1, 0.15) is 40.5 Å². The number of amides is 2. The lowest BCUT2D eigenvalue weighted by Crippen LogP contribution is -2.49. The normalized spacial score (nSPS) is 21.9. The van der Waals surface area contributed by atoms with Gasteiger partial charge < -0.3 is 15.7 Å². The van der Waals surface area contributed by atoms with Crippen molar-refractivity contribution in [3.05, 3.63) is 35.4 Å². The summed E-state index contributed by atoms with van der Waals surface area (Å²) >= 11 is 0. The number of benzene rings is 1. The lowest BCUT2D eigenvalue weighted by atomic mass is 9.91. The Morgan fingerprint density at radius 2 is 1.95 bits per heavy atom. The summed E-state index contributed by atoms with van der Waals surface area (Å²) < 4.78 is 0. The van der Waals surface area contributed by atoms with E-state index in [0.717, 1.165) is 6.42 Å². The highest BCUT2D eigenvalue weighted by Crippen LogP contribution is 2.24. The van der Waals surface area contributed by atoms with E-state index in [1.807, 2.05) is 6.92 Å². The summed E-state index contributed by atoms with van der Waals surface area (Å²) in [4.78, 5) is 36.4. The van der Waals surface area contributed by atoms with Gasteiger partial charge in [-0.1, -0.05) is 13.0 Å². The van der Waals surface area contributed by atoms with Crippen molar-refractivity contribution in [3.63, 3.8) is 0 Å². The van der Waals surface area contributed by atoms with Crippen molar-refractivity contribution in [2.24, 2.45) is 11.7 Å². The Morgan fingerprint density at radius 1 is 1.29 bits per heavy atom. The number of hydrogen-bond acceptors (Lipinski definition) is 3. The fraction of sp³-hybridized carbons (Fsp3) is 0.400. The van der Waals surface area contributed by atoms with Gasteiger partial charge in [-0.3, -0.25) is 9.59 Å². The summed E-state index contributed by atoms with van der Waals surface area (Å²) in [6, 6.07) is 5.23. The highest BCUT2D eigenvalue weighted by Gasteiger charge is 2.35. The van der Waals surface area contributed by atoms with Crippen LogP contribution in [-0.4, -0.2) is 40.4 Å². The van der Waals surface area contributed by atoms with E-state index in [2.05, 4.69) is 0 Å². The molecule has 1 saturated heterocycles. The number of carboxylic acids is 1. The van der Waals surface area contributed by atoms with Gasteiger partial charge in [-0.2, -0.15) is 0 Å². The van der Waals surface area contributed by atoms with Crippen LogP contribution in [0.4, 0.5) is 0 Å². The van der Waals surface area contributed by atoms with Gasteiger partial charge in [-0.25, -0.2) is 4.79 Å². The Bertz CT molecular complexity index is 585. The molecule has 1 aliphatic heterocycles. The molecule has 6 heteroatoms. The van der Waals surface area contributed by atoms with E-state index in [0.29, 0.717) is 13.0 Å². The summed E-state index contributed by atoms with van der Waals surface area (Å²) in [6.45, 7) is 2.38. The van der Waals surface area contributed by atoms with Gasteiger partial charge in [0.2, 0.25) is 5.91 Å². The molecule has 0 bridgehead atoms. The van der Waals surface area contributed by atoms with Gasteiger partial charge in [-0.15, -0.1) is 0 Å². The van der Waals surface area contributed by atoms with Crippen LogP contribution in [0.5, 0.6) is 0 Å². The molecule has 1 aromatic carbocycles. The van der Waals surface area contributed by atoms with Crippen molar-refractivity contribution in [1.82, 2.24) is 4.90 Å². The summed E-state index contributed by atoms with van der Waals surface area (Å²) in [5.74, 6) is -1.72. The van der Waals surface area contributed by atoms with Crippen LogP contribution in [-0.2, 0) is 4.79 Å². The molecule has 6 nitrogen and oxygen atoms in total. The molecule has 21 heavy (non-hydrogen) atoms. The second-order valence-electron chi connectivity index (χ2n) is 5.43. The quantitative estimate of drug-likeness (QED) is 0.870. The number of aliphatic carboxylic acids is 1. The lowest BCUT2D eigenvalue weighted by molar-refractivity contribution is -0.144. The molecule has 0 radical (unpaired) electrons. The summed E-state index contributed by atoms with van der Waals surface area (Å²) in [7, 11) is 0. The van der Waals surface area contributed by atoms with Crippen molar-refractivity contribution in [2.75, 3.05) is 6.54 Å². The van der Waals surface area contributed by atoms with Crippen molar-refractivity contribution in [1.29, 1.82) is 0 Å². The average molecular weight is 290 g/mol. The number of carboxylic acid groups (broad SMARTS) is 1. The number of primary amides is 1. The first-order valence-electron chi connectivity index (χ1n) is 6.83. The van der Waals surface area contributed by atoms with Gasteiger partial charge in [0.1, 0.15) is 6.04 Å². The Balaban J connectivity index is 2.27. The predicted molar refractivity (Wildman–Crippen MR) is 75.8 cm³/mol. The number of hydrogen-bond donors (Lipinski definition) is 2. The molecule has 2 rings (SSSR count). The third-order valence-electron chi connectivity index (χ3n) is 3.80. The Kier molecular flexibility index (Phi) is 4.26. The fourth-order valence-corrected chi connectivity index (χ4v) is 2.59. The zero-order chi connectivity index (χ0) is 15.6. The van der Waals surface area contributed by atoms with Crippen molar-refractivity contribution in [3.8, 4) is 0 Å². The minimum absolute atomic E-state index is 0.234. The van der Waals surface area contributed by atoms with E-state index in [4.69, 9.17) is 5.73 Å². The molecule has 0 spiro atoms. The SMILES string of the molecule is CC1CCN(C(=O)c2cccc(C(N)=O)c2)C(C(=O)O)C1. The van der Waals surface area contributed by atoms with Crippen LogP contribution in [0, 0.1) is 5.92 Å². The lowest BCUT2D eigenvalue weighted by Gasteiger charge is -2.36. The van der Waals surface area contributed by atoms with Gasteiger partial charge >= 0.3 is 5.97 Å². The van der Waals surface area contributed by atoms with Gasteiger partial charge in [0.15, 0.2) is 0 Å². The molecule has 1 heterocycles. The van der Waals surface area contributed by atoms with E-state index in [-0.39, 0.29) is 23.0 Å². The number of nitrogens with two attached hydrogens (primary N) is 1. The number of carbonyl (C=O) groups is 3. The summed E-state index contributed by atoms with van der Waals surface area (Å²) in [5.41, 5.74) is 5.72. The van der Waals surface area contributed by atoms with Crippen LogP contribution in [0.25, 0.3) is 0 Å². The van der Waals surface area contributed by atoms with Crippen LogP contribution in [0.2, 0.25) is 0 Å². The van der Waals surface area contributed by atoms with E-state index >= 15 is 0 Å². The molecule has 0 aromatic heterocycles. The first-order chi connectivity index (χ1) is 9.90. The van der Waals surface area contributed by atoms with Crippen molar-refractivity contribution in [2.45, 2.75) is 25.8 Å². The van der Waals surface area contributed by atoms with Crippen LogP contribution < -0.4 is 5.73 Å². The van der Waals surface area contributed by atoms with E-state index in [1.165, 1.54) is 17.0 Å². The van der Waals surface area contributed by atoms with Gasteiger partial charge in [0, 0.05) is 17.7 Å². The molecule has 112 valence electrons. The molecule has 2 atom stereocenters. The molecule has 1 aromatic rings. The minimum atomic E-state index is -0.999. The highest BCUT2D eigenvalue weighted by atomic mass is 16.4. The Labute approximate surface area is 122 Å². The van der Waals surface area contributed by atoms with Gasteiger partial charge in [0.25, 0.3) is 5.91 Å². The third kappa shape index (κ3) is 3.21. The minimum Gasteiger partial charge on any atom is -0.480 e. The molecule has 0 saturated carbocycles. The third-order valence-corrected chi connectivity index (χ3v) is 3.80. The number of likely N-dealkylation sites (tertiary alicyclic amines) is 1. The van der Waals surface area contributed by atoms with Crippen LogP contribution in [0.15, 0.2) is 24.3 Å². The zero-order valence-electron chi connectivity index (χ0n) is 11.8. The molecule has 1 aliphatic rings. The van der Waals surface area contributed by atoms with Crippen LogP contribution >= 0.6 is 0 Å². The second-order valence-corrected chi connectivity index (χ2v) is 5.43. The maximum Gasteiger partial charge on any atom is 0.326 e. The van der Waals surface area contributed by atoms with Gasteiger partial charge in [-0.05, 0) is 37.0 Å². The second kappa shape index (κ2) is 5.95. The molecule has 2 unspecified atom stereocenters. The molecule has 3 N–H and O–H groups in total. The maximum absolute atomic E-state index is 12.5. The maximum atomic E-state index is 12.5. The highest BCUT2D eigenvalue weighted by molar-refractivity contribution is 6.00. The van der Waals surface area contributed by atoms with E-state index in [9.17, 15) is 19.5 Å². The summed E-state index contributed by atoms with van der Waals surface area (Å²) in [5, 5.41) is 9.30. The average Bonchev–Trinajstić information content (AvgIpc) is 2.46. The first-order valence-corrected chi connectivity index (χ1v) is 6.83. The zero-order valence-corrected chi connectivity index (χ0v) is 11.8. The fourth-order valence-electron chi connectivity index (χ4n) is 2.59. The molecular weight excluding hydrogens is 272 g/mol. The van der Waals surface area contributed by atoms with Crippen molar-refractivity contribution < 1.29 is 19.5 Å². The first kappa shape index (κ1) is 15.0. The van der Waals surface area contributed by atoms with Crippen LogP contribution in [0.3, 0.4) is 0 Å². The smallest absolute Gasteiger partial charge is 0.326 e. The predicted octanol–water partition coefficient (Wildman–Crippen LogP) is 1.11. The standard InChI is InChI=1S/C15H18N2O4/c1-9-5-6-17(12(7-9)15(20)21)14(19)11-4-2-3-10(8-11)13(16)18/h2-4,8-9,12H,5-7H2,1H3,(H2,16,18)(H,20,21). The summed E-state index contributed by atoms with van der Waals surface area (Å²) in [6.07, 6.45) is 1.21. The molecular formula is C15H18N2O4. The van der Waals surface area contributed by atoms with E-state index < -0.39 is 17.9 Å². The van der Waals surface area contributed by atoms with Gasteiger partial charge in [0.05, 0.1) is 0 Å². The van der Waals surface area contributed by atoms with E-state index in [1.54, 1.807) is 12.1 Å². The topological polar surface area (TPSA) is 101 Å². The molecule has 0 aliphatic carbocycles. The molecule has 2 amide bonds. The number of piperidine rings is 1. The number of carbonyl (C=O) groups excluding carboxylic acids is 2. The number of nitrogens with zero attached hydrogens (tertiary/aromatic N) is 1. The van der Waals surface area contributed by atoms with Crippen molar-refractivity contribution >= 4 is 17.8 Å². The Hall–Kier alpha value is -2.37. The Morgan fingerprint density at radius 3 is 2.57 bits per heavy atom. The number of rotatable bonds is 3.